The Morgan fingerprint density at radius 2 is 0.649 bits per heavy atom. The molecule has 0 aromatic carbocycles. The van der Waals surface area contributed by atoms with Gasteiger partial charge in [0.2, 0.25) is 0 Å². The third-order valence-electron chi connectivity index (χ3n) is 8.20. The van der Waals surface area contributed by atoms with E-state index in [4.69, 9.17) is 4.55 Å². The largest absolute Gasteiger partial charge is 0.286 e. The fourth-order valence-electron chi connectivity index (χ4n) is 5.70. The van der Waals surface area contributed by atoms with Gasteiger partial charge < -0.3 is 0 Å². The molecule has 0 aliphatic carbocycles. The molecule has 0 amide bonds. The van der Waals surface area contributed by atoms with Crippen molar-refractivity contribution in [1.82, 2.24) is 0 Å². The van der Waals surface area contributed by atoms with Crippen molar-refractivity contribution in [3.8, 4) is 0 Å². The van der Waals surface area contributed by atoms with Gasteiger partial charge in [-0.25, -0.2) is 0 Å². The summed E-state index contributed by atoms with van der Waals surface area (Å²) >= 11 is 0. The van der Waals surface area contributed by atoms with Crippen molar-refractivity contribution in [2.75, 3.05) is 5.75 Å². The van der Waals surface area contributed by atoms with Crippen molar-refractivity contribution in [3.05, 3.63) is 0 Å². The van der Waals surface area contributed by atoms with E-state index >= 15 is 0 Å². The maximum Gasteiger partial charge on any atom is 0.264 e. The molecule has 0 aromatic rings. The van der Waals surface area contributed by atoms with Crippen molar-refractivity contribution < 1.29 is 13.0 Å². The summed E-state index contributed by atoms with van der Waals surface area (Å²) in [5.41, 5.74) is 0. The second-order valence-corrected chi connectivity index (χ2v) is 13.6. The van der Waals surface area contributed by atoms with E-state index in [0.29, 0.717) is 6.42 Å². The second-order valence-electron chi connectivity index (χ2n) is 12.0. The predicted octanol–water partition coefficient (Wildman–Crippen LogP) is 11.8. The normalized spacial score (nSPS) is 12.8. The maximum absolute atomic E-state index is 10.9. The topological polar surface area (TPSA) is 54.4 Å². The zero-order valence-corrected chi connectivity index (χ0v) is 26.3. The molecular weight excluding hydrogens is 476 g/mol. The molecule has 0 saturated heterocycles. The summed E-state index contributed by atoms with van der Waals surface area (Å²) in [6, 6.07) is 0. The monoisotopic (exact) mass is 544 g/mol. The molecule has 0 saturated carbocycles. The molecule has 0 spiro atoms. The van der Waals surface area contributed by atoms with Crippen LogP contribution >= 0.6 is 0 Å². The first-order valence-electron chi connectivity index (χ1n) is 16.9. The summed E-state index contributed by atoms with van der Waals surface area (Å²) in [4.78, 5) is 0. The third kappa shape index (κ3) is 32.0. The molecule has 0 aromatic heterocycles. The average Bonchev–Trinajstić information content (AvgIpc) is 2.86. The highest BCUT2D eigenvalue weighted by atomic mass is 32.2. The molecule has 0 aliphatic rings. The predicted molar refractivity (Wildman–Crippen MR) is 165 cm³/mol. The van der Waals surface area contributed by atoms with Crippen LogP contribution in [0.3, 0.4) is 0 Å². The highest BCUT2D eigenvalue weighted by Crippen LogP contribution is 2.25. The zero-order chi connectivity index (χ0) is 27.3. The van der Waals surface area contributed by atoms with E-state index in [1.807, 2.05) is 0 Å². The average molecular weight is 545 g/mol. The van der Waals surface area contributed by atoms with Crippen LogP contribution in [-0.2, 0) is 10.1 Å². The minimum atomic E-state index is -3.79. The van der Waals surface area contributed by atoms with Gasteiger partial charge in [0.25, 0.3) is 10.1 Å². The lowest BCUT2D eigenvalue weighted by Gasteiger charge is -2.17. The molecular formula is C33H68O3S. The van der Waals surface area contributed by atoms with Crippen LogP contribution < -0.4 is 0 Å². The van der Waals surface area contributed by atoms with Gasteiger partial charge >= 0.3 is 0 Å². The van der Waals surface area contributed by atoms with E-state index in [-0.39, 0.29) is 5.75 Å². The molecule has 1 atom stereocenters. The van der Waals surface area contributed by atoms with Crippen LogP contribution in [-0.4, -0.2) is 18.7 Å². The lowest BCUT2D eigenvalue weighted by molar-refractivity contribution is 0.367. The number of hydrogen-bond donors (Lipinski definition) is 1. The van der Waals surface area contributed by atoms with Gasteiger partial charge in [0.05, 0.1) is 5.75 Å². The molecule has 0 bridgehead atoms. The molecule has 0 radical (unpaired) electrons. The number of rotatable bonds is 31. The first-order valence-corrected chi connectivity index (χ1v) is 18.6. The first-order chi connectivity index (χ1) is 18.0. The summed E-state index contributed by atoms with van der Waals surface area (Å²) in [5.74, 6) is 0.738. The Morgan fingerprint density at radius 1 is 0.405 bits per heavy atom. The molecule has 37 heavy (non-hydrogen) atoms. The maximum atomic E-state index is 10.9. The zero-order valence-electron chi connectivity index (χ0n) is 25.5. The van der Waals surface area contributed by atoms with E-state index in [9.17, 15) is 8.42 Å². The minimum absolute atomic E-state index is 0.0744. The Labute approximate surface area is 234 Å². The Kier molecular flexibility index (Phi) is 28.8. The van der Waals surface area contributed by atoms with E-state index in [1.54, 1.807) is 0 Å². The van der Waals surface area contributed by atoms with E-state index in [0.717, 1.165) is 18.8 Å². The quantitative estimate of drug-likeness (QED) is 0.0697. The highest BCUT2D eigenvalue weighted by molar-refractivity contribution is 7.85. The third-order valence-corrected chi connectivity index (χ3v) is 9.00. The Bertz CT molecular complexity index is 532. The second kappa shape index (κ2) is 28.9. The van der Waals surface area contributed by atoms with Crippen LogP contribution in [0.15, 0.2) is 0 Å². The van der Waals surface area contributed by atoms with Crippen LogP contribution in [0.1, 0.15) is 200 Å². The lowest BCUT2D eigenvalue weighted by Crippen LogP contribution is -2.05. The van der Waals surface area contributed by atoms with Gasteiger partial charge in [0.1, 0.15) is 0 Å². The number of unbranched alkanes of at least 4 members (excludes halogenated alkanes) is 23. The molecule has 0 rings (SSSR count). The summed E-state index contributed by atoms with van der Waals surface area (Å²) in [7, 11) is -3.79. The van der Waals surface area contributed by atoms with E-state index < -0.39 is 10.1 Å². The lowest BCUT2D eigenvalue weighted by atomic mass is 9.89. The van der Waals surface area contributed by atoms with Gasteiger partial charge in [-0.05, 0) is 12.3 Å². The summed E-state index contributed by atoms with van der Waals surface area (Å²) in [5, 5.41) is 0. The van der Waals surface area contributed by atoms with Gasteiger partial charge in [-0.1, -0.05) is 194 Å². The van der Waals surface area contributed by atoms with Crippen molar-refractivity contribution in [2.45, 2.75) is 200 Å². The van der Waals surface area contributed by atoms with E-state index in [2.05, 4.69) is 13.8 Å². The van der Waals surface area contributed by atoms with Crippen molar-refractivity contribution in [3.63, 3.8) is 0 Å². The first kappa shape index (κ1) is 36.9. The van der Waals surface area contributed by atoms with Crippen LogP contribution in [0, 0.1) is 5.92 Å². The molecule has 0 aliphatic heterocycles. The van der Waals surface area contributed by atoms with Crippen molar-refractivity contribution >= 4 is 10.1 Å². The van der Waals surface area contributed by atoms with E-state index in [1.165, 1.54) is 167 Å². The molecule has 1 N–H and O–H groups in total. The Hall–Kier alpha value is -0.0900. The Morgan fingerprint density at radius 3 is 0.919 bits per heavy atom. The van der Waals surface area contributed by atoms with Gasteiger partial charge in [-0.2, -0.15) is 8.42 Å². The standard InChI is InChI=1S/C33H68O3S/c1-3-5-7-9-11-13-15-16-17-19-21-23-26-30-33(31-27-24-28-32-37(34,35)36)29-25-22-20-18-14-12-10-8-6-4-2/h33H,3-32H2,1-2H3,(H,34,35,36). The molecule has 3 nitrogen and oxygen atoms in total. The van der Waals surface area contributed by atoms with Crippen LogP contribution in [0.4, 0.5) is 0 Å². The molecule has 224 valence electrons. The van der Waals surface area contributed by atoms with Crippen molar-refractivity contribution in [1.29, 1.82) is 0 Å². The van der Waals surface area contributed by atoms with Crippen LogP contribution in [0.25, 0.3) is 0 Å². The molecule has 0 fully saturated rings. The molecule has 1 unspecified atom stereocenters. The summed E-state index contributed by atoms with van der Waals surface area (Å²) in [6.07, 6.45) is 38.9. The van der Waals surface area contributed by atoms with Crippen LogP contribution in [0.5, 0.6) is 0 Å². The Balaban J connectivity index is 3.87. The minimum Gasteiger partial charge on any atom is -0.286 e. The SMILES string of the molecule is CCCCCCCCCCCCCCCC(CCCCCCCCCCCC)CCCCCS(=O)(=O)O. The summed E-state index contributed by atoms with van der Waals surface area (Å²) < 4.78 is 30.8. The molecule has 0 heterocycles. The van der Waals surface area contributed by atoms with Crippen molar-refractivity contribution in [2.24, 2.45) is 5.92 Å². The van der Waals surface area contributed by atoms with Gasteiger partial charge in [0.15, 0.2) is 0 Å². The van der Waals surface area contributed by atoms with Gasteiger partial charge in [0, 0.05) is 0 Å². The fourth-order valence-corrected chi connectivity index (χ4v) is 6.27. The number of hydrogen-bond acceptors (Lipinski definition) is 2. The smallest absolute Gasteiger partial charge is 0.264 e. The summed E-state index contributed by atoms with van der Waals surface area (Å²) in [6.45, 7) is 4.57. The van der Waals surface area contributed by atoms with Crippen LogP contribution in [0.2, 0.25) is 0 Å². The van der Waals surface area contributed by atoms with Gasteiger partial charge in [-0.3, -0.25) is 4.55 Å². The fraction of sp³-hybridized carbons (Fsp3) is 1.00. The molecule has 4 heteroatoms. The van der Waals surface area contributed by atoms with Gasteiger partial charge in [-0.15, -0.1) is 0 Å². The highest BCUT2D eigenvalue weighted by Gasteiger charge is 2.10.